The van der Waals surface area contributed by atoms with Gasteiger partial charge in [-0.25, -0.2) is 4.79 Å². The summed E-state index contributed by atoms with van der Waals surface area (Å²) in [6.07, 6.45) is 16.8. The molecule has 1 aromatic rings. The smallest absolute Gasteiger partial charge is 0.338 e. The van der Waals surface area contributed by atoms with Gasteiger partial charge in [0, 0.05) is 6.42 Å². The molecule has 0 heterocycles. The summed E-state index contributed by atoms with van der Waals surface area (Å²) >= 11 is 0. The molecule has 216 valence electrons. The molecule has 4 aliphatic rings. The zero-order chi connectivity index (χ0) is 27.8. The van der Waals surface area contributed by atoms with Crippen molar-refractivity contribution in [2.75, 3.05) is 6.61 Å². The molecule has 0 spiro atoms. The zero-order valence-corrected chi connectivity index (χ0v) is 25.6. The van der Waals surface area contributed by atoms with Gasteiger partial charge in [0.2, 0.25) is 0 Å². The summed E-state index contributed by atoms with van der Waals surface area (Å²) < 4.78 is 11.6. The van der Waals surface area contributed by atoms with Crippen molar-refractivity contribution in [3.8, 4) is 5.75 Å². The van der Waals surface area contributed by atoms with Gasteiger partial charge >= 0.3 is 5.97 Å². The average molecular weight is 535 g/mol. The number of ether oxygens (including phenoxy) is 2. The normalized spacial score (nSPS) is 36.4. The molecule has 1 aromatic carbocycles. The maximum atomic E-state index is 12.9. The van der Waals surface area contributed by atoms with E-state index in [9.17, 15) is 4.79 Å². The second-order valence-electron chi connectivity index (χ2n) is 14.5. The lowest BCUT2D eigenvalue weighted by Gasteiger charge is -2.58. The Kier molecular flexibility index (Phi) is 8.56. The van der Waals surface area contributed by atoms with Crippen LogP contribution in [0.3, 0.4) is 0 Å². The van der Waals surface area contributed by atoms with Gasteiger partial charge < -0.3 is 9.47 Å². The van der Waals surface area contributed by atoms with E-state index in [0.29, 0.717) is 17.6 Å². The van der Waals surface area contributed by atoms with Crippen LogP contribution in [0.25, 0.3) is 0 Å². The lowest BCUT2D eigenvalue weighted by molar-refractivity contribution is -0.0594. The Hall–Kier alpha value is -1.77. The SMILES string of the molecule is CCOc1ccc(C(=O)O[C@H]2CC[C@@]3(C)C(=CC[C@@H]4[C@H]5CC[C@@H]([C@H](C)CCCC(C)C)[C@]5(C)CC[C@H]43)C2)cc1. The quantitative estimate of drug-likeness (QED) is 0.234. The van der Waals surface area contributed by atoms with Gasteiger partial charge in [0.05, 0.1) is 12.2 Å². The molecular weight excluding hydrogens is 480 g/mol. The molecule has 3 fully saturated rings. The van der Waals surface area contributed by atoms with Crippen LogP contribution in [0.15, 0.2) is 35.9 Å². The molecule has 3 heteroatoms. The fraction of sp³-hybridized carbons (Fsp3) is 0.750. The van der Waals surface area contributed by atoms with Crippen LogP contribution >= 0.6 is 0 Å². The van der Waals surface area contributed by atoms with Crippen LogP contribution in [-0.2, 0) is 4.74 Å². The number of fused-ring (bicyclic) bond motifs is 5. The van der Waals surface area contributed by atoms with Gasteiger partial charge in [0.15, 0.2) is 0 Å². The molecular formula is C36H54O3. The highest BCUT2D eigenvalue weighted by atomic mass is 16.5. The summed E-state index contributed by atoms with van der Waals surface area (Å²) in [5, 5.41) is 0. The highest BCUT2D eigenvalue weighted by molar-refractivity contribution is 5.89. The van der Waals surface area contributed by atoms with E-state index < -0.39 is 0 Å². The van der Waals surface area contributed by atoms with E-state index in [1.54, 1.807) is 5.57 Å². The van der Waals surface area contributed by atoms with Gasteiger partial charge in [-0.15, -0.1) is 0 Å². The summed E-state index contributed by atoms with van der Waals surface area (Å²) in [7, 11) is 0. The molecule has 5 rings (SSSR count). The second-order valence-corrected chi connectivity index (χ2v) is 14.5. The van der Waals surface area contributed by atoms with Gasteiger partial charge in [-0.1, -0.05) is 65.5 Å². The molecule has 8 atom stereocenters. The Morgan fingerprint density at radius 2 is 1.74 bits per heavy atom. The van der Waals surface area contributed by atoms with E-state index in [1.165, 1.54) is 51.4 Å². The van der Waals surface area contributed by atoms with E-state index in [1.807, 2.05) is 31.2 Å². The number of allylic oxidation sites excluding steroid dienone is 1. The minimum atomic E-state index is -0.200. The number of hydrogen-bond donors (Lipinski definition) is 0. The molecule has 0 aromatic heterocycles. The molecule has 0 N–H and O–H groups in total. The van der Waals surface area contributed by atoms with Crippen molar-refractivity contribution in [1.82, 2.24) is 0 Å². The lowest BCUT2D eigenvalue weighted by atomic mass is 9.47. The number of carbonyl (C=O) groups is 1. The Morgan fingerprint density at radius 3 is 2.46 bits per heavy atom. The Morgan fingerprint density at radius 1 is 0.974 bits per heavy atom. The van der Waals surface area contributed by atoms with Crippen molar-refractivity contribution in [3.63, 3.8) is 0 Å². The fourth-order valence-electron chi connectivity index (χ4n) is 9.83. The van der Waals surface area contributed by atoms with Crippen LogP contribution < -0.4 is 4.74 Å². The first-order valence-corrected chi connectivity index (χ1v) is 16.3. The van der Waals surface area contributed by atoms with Crippen LogP contribution in [0.1, 0.15) is 123 Å². The molecule has 39 heavy (non-hydrogen) atoms. The van der Waals surface area contributed by atoms with E-state index in [4.69, 9.17) is 9.47 Å². The predicted octanol–water partition coefficient (Wildman–Crippen LogP) is 9.65. The summed E-state index contributed by atoms with van der Waals surface area (Å²) in [4.78, 5) is 12.9. The fourth-order valence-corrected chi connectivity index (χ4v) is 9.83. The second kappa shape index (κ2) is 11.6. The van der Waals surface area contributed by atoms with Crippen molar-refractivity contribution in [3.05, 3.63) is 41.5 Å². The van der Waals surface area contributed by atoms with Crippen molar-refractivity contribution in [1.29, 1.82) is 0 Å². The van der Waals surface area contributed by atoms with Crippen LogP contribution in [0.5, 0.6) is 5.75 Å². The van der Waals surface area contributed by atoms with E-state index in [2.05, 4.69) is 40.7 Å². The molecule has 3 nitrogen and oxygen atoms in total. The van der Waals surface area contributed by atoms with Crippen molar-refractivity contribution in [2.24, 2.45) is 46.3 Å². The minimum absolute atomic E-state index is 0.00338. The highest BCUT2D eigenvalue weighted by Crippen LogP contribution is 2.67. The molecule has 0 bridgehead atoms. The third-order valence-electron chi connectivity index (χ3n) is 11.9. The average Bonchev–Trinajstić information content (AvgIpc) is 3.26. The third kappa shape index (κ3) is 5.58. The predicted molar refractivity (Wildman–Crippen MR) is 160 cm³/mol. The van der Waals surface area contributed by atoms with Gasteiger partial charge in [0.1, 0.15) is 11.9 Å². The maximum Gasteiger partial charge on any atom is 0.338 e. The topological polar surface area (TPSA) is 35.5 Å². The van der Waals surface area contributed by atoms with Crippen molar-refractivity contribution >= 4 is 5.97 Å². The minimum Gasteiger partial charge on any atom is -0.494 e. The largest absolute Gasteiger partial charge is 0.494 e. The van der Waals surface area contributed by atoms with Crippen LogP contribution in [-0.4, -0.2) is 18.7 Å². The number of esters is 1. The molecule has 0 saturated heterocycles. The Labute approximate surface area is 238 Å². The first kappa shape index (κ1) is 28.7. The number of benzene rings is 1. The monoisotopic (exact) mass is 534 g/mol. The van der Waals surface area contributed by atoms with E-state index >= 15 is 0 Å². The first-order chi connectivity index (χ1) is 18.7. The first-order valence-electron chi connectivity index (χ1n) is 16.3. The van der Waals surface area contributed by atoms with Crippen LogP contribution in [0.4, 0.5) is 0 Å². The third-order valence-corrected chi connectivity index (χ3v) is 11.9. The van der Waals surface area contributed by atoms with Crippen LogP contribution in [0, 0.1) is 46.3 Å². The molecule has 0 aliphatic heterocycles. The van der Waals surface area contributed by atoms with E-state index in [0.717, 1.165) is 60.5 Å². The number of carbonyl (C=O) groups excluding carboxylic acids is 1. The van der Waals surface area contributed by atoms with Gasteiger partial charge in [-0.2, -0.15) is 0 Å². The zero-order valence-electron chi connectivity index (χ0n) is 25.6. The molecule has 0 unspecified atom stereocenters. The van der Waals surface area contributed by atoms with Gasteiger partial charge in [-0.3, -0.25) is 0 Å². The standard InChI is InChI=1S/C36H54O3/c1-7-38-28-14-11-26(12-15-28)34(37)39-29-19-21-35(5)27(23-29)13-16-30-32-18-17-31(25(4)10-8-9-24(2)3)36(32,6)22-20-33(30)35/h11-15,24-25,29-33H,7-10,16-23H2,1-6H3/t25-,29+,30-,31+,32-,33-,35+,36+/m1/s1. The summed E-state index contributed by atoms with van der Waals surface area (Å²) in [6, 6.07) is 7.37. The molecule has 0 radical (unpaired) electrons. The number of hydrogen-bond acceptors (Lipinski definition) is 3. The maximum absolute atomic E-state index is 12.9. The highest BCUT2D eigenvalue weighted by Gasteiger charge is 2.59. The van der Waals surface area contributed by atoms with Gasteiger partial charge in [0.25, 0.3) is 0 Å². The van der Waals surface area contributed by atoms with Crippen molar-refractivity contribution < 1.29 is 14.3 Å². The van der Waals surface area contributed by atoms with Crippen LogP contribution in [0.2, 0.25) is 0 Å². The lowest BCUT2D eigenvalue weighted by Crippen LogP contribution is -2.51. The summed E-state index contributed by atoms with van der Waals surface area (Å²) in [5.74, 6) is 5.72. The van der Waals surface area contributed by atoms with Gasteiger partial charge in [-0.05, 0) is 122 Å². The molecule has 4 aliphatic carbocycles. The molecule has 3 saturated carbocycles. The summed E-state index contributed by atoms with van der Waals surface area (Å²) in [5.41, 5.74) is 3.02. The summed E-state index contributed by atoms with van der Waals surface area (Å²) in [6.45, 7) is 15.1. The number of rotatable bonds is 9. The Bertz CT molecular complexity index is 1020. The van der Waals surface area contributed by atoms with E-state index in [-0.39, 0.29) is 17.5 Å². The molecule has 0 amide bonds. The Balaban J connectivity index is 1.22. The van der Waals surface area contributed by atoms with Crippen molar-refractivity contribution in [2.45, 2.75) is 118 Å².